The van der Waals surface area contributed by atoms with E-state index in [0.717, 1.165) is 61.7 Å². The molecule has 10 heteroatoms. The summed E-state index contributed by atoms with van der Waals surface area (Å²) in [6, 6.07) is 12.3. The van der Waals surface area contributed by atoms with Gasteiger partial charge in [0.25, 0.3) is 0 Å². The number of piperidine rings is 1. The molecule has 2 N–H and O–H groups in total. The van der Waals surface area contributed by atoms with Crippen molar-refractivity contribution in [1.82, 2.24) is 14.6 Å². The summed E-state index contributed by atoms with van der Waals surface area (Å²) in [5.41, 5.74) is 1.66. The zero-order chi connectivity index (χ0) is 28.8. The Labute approximate surface area is 242 Å². The van der Waals surface area contributed by atoms with Crippen molar-refractivity contribution in [3.05, 3.63) is 59.2 Å². The van der Waals surface area contributed by atoms with Crippen LogP contribution in [-0.2, 0) is 21.2 Å². The average Bonchev–Trinajstić information content (AvgIpc) is 3.30. The monoisotopic (exact) mass is 589 g/mol. The van der Waals surface area contributed by atoms with Crippen molar-refractivity contribution in [3.8, 4) is 5.75 Å². The highest BCUT2D eigenvalue weighted by Crippen LogP contribution is 2.25. The molecule has 2 heterocycles. The molecule has 0 spiro atoms. The van der Waals surface area contributed by atoms with Gasteiger partial charge in [-0.25, -0.2) is 17.9 Å². The number of likely N-dealkylation sites (tertiary alicyclic amines) is 1. The lowest BCUT2D eigenvalue weighted by molar-refractivity contribution is 0.0179. The van der Waals surface area contributed by atoms with Crippen LogP contribution in [0, 0.1) is 5.92 Å². The number of hydrogen-bond acceptors (Lipinski definition) is 5. The van der Waals surface area contributed by atoms with Gasteiger partial charge in [-0.05, 0) is 113 Å². The molecule has 1 aliphatic rings. The fraction of sp³-hybridized carbons (Fsp3) is 0.500. The topological polar surface area (TPSA) is 101 Å². The quantitative estimate of drug-likeness (QED) is 0.247. The molecule has 0 atom stereocenters. The Morgan fingerprint density at radius 3 is 2.52 bits per heavy atom. The Kier molecular flexibility index (Phi) is 10.0. The fourth-order valence-electron chi connectivity index (χ4n) is 4.93. The van der Waals surface area contributed by atoms with Gasteiger partial charge in [0.1, 0.15) is 11.4 Å². The number of amides is 1. The van der Waals surface area contributed by atoms with E-state index in [-0.39, 0.29) is 11.0 Å². The number of benzene rings is 2. The summed E-state index contributed by atoms with van der Waals surface area (Å²) in [5, 5.41) is 1.74. The van der Waals surface area contributed by atoms with Gasteiger partial charge in [0, 0.05) is 41.8 Å². The Bertz CT molecular complexity index is 1370. The minimum absolute atomic E-state index is 0.218. The van der Waals surface area contributed by atoms with Crippen LogP contribution in [0.25, 0.3) is 10.9 Å². The average molecular weight is 590 g/mol. The number of nitrogens with zero attached hydrogens (tertiary/aromatic N) is 1. The molecule has 1 aliphatic heterocycles. The molecular weight excluding hydrogens is 550 g/mol. The highest BCUT2D eigenvalue weighted by atomic mass is 35.5. The molecule has 3 aromatic rings. The van der Waals surface area contributed by atoms with Crippen LogP contribution in [-0.4, -0.2) is 56.2 Å². The Morgan fingerprint density at radius 1 is 1.10 bits per heavy atom. The number of H-pyrrole nitrogens is 1. The van der Waals surface area contributed by atoms with E-state index in [0.29, 0.717) is 36.3 Å². The lowest BCUT2D eigenvalue weighted by atomic mass is 9.92. The third kappa shape index (κ3) is 8.62. The van der Waals surface area contributed by atoms with E-state index in [1.807, 2.05) is 45.2 Å². The van der Waals surface area contributed by atoms with E-state index in [2.05, 4.69) is 9.71 Å². The Morgan fingerprint density at radius 2 is 1.82 bits per heavy atom. The standard InChI is InChI=1S/C30H40ClN3O5S/c1-30(2,3)39-29(35)34-17-14-22(15-18-34)6-5-19-38-25-9-11-26(12-10-25)40(36,37)33-16-4-7-23-21-32-28-13-8-24(31)20-27(23)28/h8-13,20-22,32-33H,4-7,14-19H2,1-3H3. The Hall–Kier alpha value is -2.75. The maximum absolute atomic E-state index is 12.7. The predicted octanol–water partition coefficient (Wildman–Crippen LogP) is 6.54. The smallest absolute Gasteiger partial charge is 0.410 e. The maximum Gasteiger partial charge on any atom is 0.410 e. The fourth-order valence-corrected chi connectivity index (χ4v) is 6.18. The normalized spacial score (nSPS) is 14.9. The number of ether oxygens (including phenoxy) is 2. The van der Waals surface area contributed by atoms with Crippen molar-refractivity contribution in [1.29, 1.82) is 0 Å². The van der Waals surface area contributed by atoms with Crippen molar-refractivity contribution in [2.45, 2.75) is 69.8 Å². The molecule has 1 saturated heterocycles. The number of carbonyl (C=O) groups is 1. The second-order valence-electron chi connectivity index (χ2n) is 11.4. The number of aromatic amines is 1. The van der Waals surface area contributed by atoms with Crippen molar-refractivity contribution in [3.63, 3.8) is 0 Å². The summed E-state index contributed by atoms with van der Waals surface area (Å²) in [7, 11) is -3.60. The molecule has 0 radical (unpaired) electrons. The second kappa shape index (κ2) is 13.3. The van der Waals surface area contributed by atoms with Crippen LogP contribution in [0.5, 0.6) is 5.75 Å². The molecule has 4 rings (SSSR count). The van der Waals surface area contributed by atoms with E-state index >= 15 is 0 Å². The zero-order valence-corrected chi connectivity index (χ0v) is 25.1. The van der Waals surface area contributed by atoms with Gasteiger partial charge in [-0.3, -0.25) is 0 Å². The van der Waals surface area contributed by atoms with Crippen LogP contribution in [0.4, 0.5) is 4.79 Å². The summed E-state index contributed by atoms with van der Waals surface area (Å²) in [6.07, 6.45) is 6.99. The van der Waals surface area contributed by atoms with Gasteiger partial charge >= 0.3 is 6.09 Å². The summed E-state index contributed by atoms with van der Waals surface area (Å²) in [5.74, 6) is 1.21. The van der Waals surface area contributed by atoms with Crippen LogP contribution >= 0.6 is 11.6 Å². The maximum atomic E-state index is 12.7. The van der Waals surface area contributed by atoms with Gasteiger partial charge < -0.3 is 19.4 Å². The number of hydrogen-bond donors (Lipinski definition) is 2. The van der Waals surface area contributed by atoms with E-state index in [4.69, 9.17) is 21.1 Å². The van der Waals surface area contributed by atoms with Crippen molar-refractivity contribution in [2.24, 2.45) is 5.92 Å². The van der Waals surface area contributed by atoms with Crippen molar-refractivity contribution >= 4 is 38.6 Å². The molecule has 0 aliphatic carbocycles. The Balaban J connectivity index is 1.13. The molecule has 1 amide bonds. The third-order valence-electron chi connectivity index (χ3n) is 7.07. The lowest BCUT2D eigenvalue weighted by Crippen LogP contribution is -2.41. The second-order valence-corrected chi connectivity index (χ2v) is 13.6. The van der Waals surface area contributed by atoms with E-state index in [9.17, 15) is 13.2 Å². The molecular formula is C30H40ClN3O5S. The first-order chi connectivity index (χ1) is 19.0. The number of rotatable bonds is 11. The largest absolute Gasteiger partial charge is 0.494 e. The number of carbonyl (C=O) groups excluding carboxylic acids is 1. The summed E-state index contributed by atoms with van der Waals surface area (Å²) < 4.78 is 39.4. The number of aromatic nitrogens is 1. The minimum atomic E-state index is -3.60. The SMILES string of the molecule is CC(C)(C)OC(=O)N1CCC(CCCOc2ccc(S(=O)(=O)NCCCc3c[nH]c4ccc(Cl)cc34)cc2)CC1. The highest BCUT2D eigenvalue weighted by Gasteiger charge is 2.26. The lowest BCUT2D eigenvalue weighted by Gasteiger charge is -2.33. The molecule has 0 unspecified atom stereocenters. The summed E-state index contributed by atoms with van der Waals surface area (Å²) in [4.78, 5) is 17.5. The number of sulfonamides is 1. The van der Waals surface area contributed by atoms with Crippen LogP contribution in [0.1, 0.15) is 58.4 Å². The first-order valence-corrected chi connectivity index (χ1v) is 15.8. The van der Waals surface area contributed by atoms with Crippen LogP contribution in [0.2, 0.25) is 5.02 Å². The molecule has 1 aromatic heterocycles. The van der Waals surface area contributed by atoms with Gasteiger partial charge in [0.15, 0.2) is 0 Å². The van der Waals surface area contributed by atoms with Gasteiger partial charge in [-0.1, -0.05) is 11.6 Å². The first kappa shape index (κ1) is 30.2. The molecule has 1 fully saturated rings. The minimum Gasteiger partial charge on any atom is -0.494 e. The number of nitrogens with one attached hydrogen (secondary N) is 2. The van der Waals surface area contributed by atoms with Crippen LogP contribution < -0.4 is 9.46 Å². The molecule has 0 saturated carbocycles. The van der Waals surface area contributed by atoms with E-state index in [1.54, 1.807) is 29.2 Å². The molecule has 0 bridgehead atoms. The van der Waals surface area contributed by atoms with Gasteiger partial charge in [-0.15, -0.1) is 0 Å². The van der Waals surface area contributed by atoms with Crippen LogP contribution in [0.3, 0.4) is 0 Å². The van der Waals surface area contributed by atoms with Gasteiger partial charge in [0.2, 0.25) is 10.0 Å². The molecule has 2 aromatic carbocycles. The molecule has 40 heavy (non-hydrogen) atoms. The van der Waals surface area contributed by atoms with Crippen LogP contribution in [0.15, 0.2) is 53.6 Å². The highest BCUT2D eigenvalue weighted by molar-refractivity contribution is 7.89. The number of fused-ring (bicyclic) bond motifs is 1. The van der Waals surface area contributed by atoms with Gasteiger partial charge in [0.05, 0.1) is 11.5 Å². The first-order valence-electron chi connectivity index (χ1n) is 14.0. The predicted molar refractivity (Wildman–Crippen MR) is 159 cm³/mol. The van der Waals surface area contributed by atoms with E-state index in [1.165, 1.54) is 0 Å². The van der Waals surface area contributed by atoms with Crippen molar-refractivity contribution in [2.75, 3.05) is 26.2 Å². The van der Waals surface area contributed by atoms with Crippen molar-refractivity contribution < 1.29 is 22.7 Å². The third-order valence-corrected chi connectivity index (χ3v) is 8.78. The number of aryl methyl sites for hydroxylation is 1. The zero-order valence-electron chi connectivity index (χ0n) is 23.5. The molecule has 8 nitrogen and oxygen atoms in total. The summed E-state index contributed by atoms with van der Waals surface area (Å²) in [6.45, 7) is 8.00. The van der Waals surface area contributed by atoms with E-state index < -0.39 is 15.6 Å². The number of halogens is 1. The summed E-state index contributed by atoms with van der Waals surface area (Å²) >= 11 is 6.11. The molecule has 218 valence electrons. The van der Waals surface area contributed by atoms with Gasteiger partial charge in [-0.2, -0.15) is 0 Å².